The van der Waals surface area contributed by atoms with Crippen LogP contribution in [-0.2, 0) is 0 Å². The molecule has 0 radical (unpaired) electrons. The third-order valence-corrected chi connectivity index (χ3v) is 2.63. The van der Waals surface area contributed by atoms with Crippen molar-refractivity contribution in [1.82, 2.24) is 5.43 Å². The molecule has 86 valence electrons. The highest BCUT2D eigenvalue weighted by Crippen LogP contribution is 2.15. The fourth-order valence-corrected chi connectivity index (χ4v) is 1.51. The van der Waals surface area contributed by atoms with E-state index in [0.717, 1.165) is 22.3 Å². The van der Waals surface area contributed by atoms with Crippen LogP contribution >= 0.6 is 28.1 Å². The van der Waals surface area contributed by atoms with Gasteiger partial charge in [0.25, 0.3) is 0 Å². The van der Waals surface area contributed by atoms with Crippen LogP contribution in [0.3, 0.4) is 0 Å². The molecule has 0 unspecified atom stereocenters. The minimum atomic E-state index is 0.492. The second-order valence-electron chi connectivity index (χ2n) is 3.28. The van der Waals surface area contributed by atoms with Gasteiger partial charge in [0.2, 0.25) is 0 Å². The van der Waals surface area contributed by atoms with E-state index >= 15 is 0 Å². The van der Waals surface area contributed by atoms with Gasteiger partial charge in [-0.3, -0.25) is 5.43 Å². The van der Waals surface area contributed by atoms with E-state index < -0.39 is 0 Å². The molecule has 0 saturated heterocycles. The molecule has 0 fully saturated rings. The summed E-state index contributed by atoms with van der Waals surface area (Å²) in [4.78, 5) is 0. The van der Waals surface area contributed by atoms with Gasteiger partial charge in [0.15, 0.2) is 5.11 Å². The summed E-state index contributed by atoms with van der Waals surface area (Å²) in [6.07, 6.45) is 0.909. The Morgan fingerprint density at radius 2 is 2.25 bits per heavy atom. The molecule has 0 bridgehead atoms. The molecule has 1 aromatic carbocycles. The fraction of sp³-hybridized carbons (Fsp3) is 0.273. The highest BCUT2D eigenvalue weighted by molar-refractivity contribution is 9.10. The second kappa shape index (κ2) is 6.60. The SMILES string of the molecule is CC/C(C)=N\NC(=S)Nc1cccc(Br)c1. The largest absolute Gasteiger partial charge is 0.331 e. The van der Waals surface area contributed by atoms with E-state index in [1.54, 1.807) is 0 Å². The molecule has 0 aromatic heterocycles. The van der Waals surface area contributed by atoms with Crippen LogP contribution in [0.4, 0.5) is 5.69 Å². The first-order chi connectivity index (χ1) is 7.61. The van der Waals surface area contributed by atoms with Crippen molar-refractivity contribution >= 4 is 44.7 Å². The van der Waals surface area contributed by atoms with Gasteiger partial charge in [0.1, 0.15) is 0 Å². The highest BCUT2D eigenvalue weighted by Gasteiger charge is 1.96. The molecule has 0 aliphatic heterocycles. The summed E-state index contributed by atoms with van der Waals surface area (Å²) >= 11 is 8.50. The molecule has 1 rings (SSSR count). The Morgan fingerprint density at radius 1 is 1.50 bits per heavy atom. The van der Waals surface area contributed by atoms with Gasteiger partial charge in [-0.2, -0.15) is 5.10 Å². The summed E-state index contributed by atoms with van der Waals surface area (Å²) in [6.45, 7) is 4.00. The van der Waals surface area contributed by atoms with Crippen molar-refractivity contribution in [2.24, 2.45) is 5.10 Å². The maximum absolute atomic E-state index is 5.10. The lowest BCUT2D eigenvalue weighted by molar-refractivity contribution is 1.02. The zero-order valence-corrected chi connectivity index (χ0v) is 11.7. The molecular formula is C11H14BrN3S. The van der Waals surface area contributed by atoms with E-state index in [2.05, 4.69) is 31.8 Å². The first-order valence-electron chi connectivity index (χ1n) is 4.97. The summed E-state index contributed by atoms with van der Waals surface area (Å²) < 4.78 is 1.01. The van der Waals surface area contributed by atoms with Crippen LogP contribution in [0, 0.1) is 0 Å². The van der Waals surface area contributed by atoms with Crippen molar-refractivity contribution in [1.29, 1.82) is 0 Å². The van der Waals surface area contributed by atoms with Crippen molar-refractivity contribution in [3.8, 4) is 0 Å². The van der Waals surface area contributed by atoms with Gasteiger partial charge in [-0.05, 0) is 43.8 Å². The average Bonchev–Trinajstić information content (AvgIpc) is 2.26. The number of rotatable bonds is 3. The van der Waals surface area contributed by atoms with Crippen LogP contribution < -0.4 is 10.7 Å². The summed E-state index contributed by atoms with van der Waals surface area (Å²) in [7, 11) is 0. The van der Waals surface area contributed by atoms with Crippen LogP contribution in [0.2, 0.25) is 0 Å². The first kappa shape index (κ1) is 13.1. The molecule has 5 heteroatoms. The monoisotopic (exact) mass is 299 g/mol. The maximum atomic E-state index is 5.10. The standard InChI is InChI=1S/C11H14BrN3S/c1-3-8(2)14-15-11(16)13-10-6-4-5-9(12)7-10/h4-7H,3H2,1-2H3,(H2,13,15,16)/b14-8-. The van der Waals surface area contributed by atoms with Gasteiger partial charge in [-0.25, -0.2) is 0 Å². The number of hydrazone groups is 1. The first-order valence-corrected chi connectivity index (χ1v) is 6.17. The Bertz CT molecular complexity index is 404. The van der Waals surface area contributed by atoms with E-state index in [4.69, 9.17) is 12.2 Å². The fourth-order valence-electron chi connectivity index (χ4n) is 0.951. The molecule has 3 nitrogen and oxygen atoms in total. The van der Waals surface area contributed by atoms with Crippen molar-refractivity contribution in [3.05, 3.63) is 28.7 Å². The number of halogens is 1. The van der Waals surface area contributed by atoms with Gasteiger partial charge in [0.05, 0.1) is 0 Å². The van der Waals surface area contributed by atoms with Crippen LogP contribution in [0.15, 0.2) is 33.8 Å². The Hall–Kier alpha value is -0.940. The van der Waals surface area contributed by atoms with Crippen LogP contribution in [0.25, 0.3) is 0 Å². The van der Waals surface area contributed by atoms with Crippen molar-refractivity contribution in [2.75, 3.05) is 5.32 Å². The quantitative estimate of drug-likeness (QED) is 0.509. The third kappa shape index (κ3) is 4.72. The number of nitrogens with one attached hydrogen (secondary N) is 2. The van der Waals surface area contributed by atoms with E-state index in [-0.39, 0.29) is 0 Å². The number of hydrogen-bond donors (Lipinski definition) is 2. The molecule has 16 heavy (non-hydrogen) atoms. The summed E-state index contributed by atoms with van der Waals surface area (Å²) in [6, 6.07) is 7.79. The van der Waals surface area contributed by atoms with Gasteiger partial charge < -0.3 is 5.32 Å². The van der Waals surface area contributed by atoms with Crippen LogP contribution in [-0.4, -0.2) is 10.8 Å². The third-order valence-electron chi connectivity index (χ3n) is 1.94. The van der Waals surface area contributed by atoms with Crippen molar-refractivity contribution in [3.63, 3.8) is 0 Å². The molecule has 2 N–H and O–H groups in total. The second-order valence-corrected chi connectivity index (χ2v) is 4.60. The normalized spacial score (nSPS) is 11.1. The molecule has 0 amide bonds. The Morgan fingerprint density at radius 3 is 2.88 bits per heavy atom. The summed E-state index contributed by atoms with van der Waals surface area (Å²) in [5.74, 6) is 0. The predicted octanol–water partition coefficient (Wildman–Crippen LogP) is 3.52. The van der Waals surface area contributed by atoms with Gasteiger partial charge >= 0.3 is 0 Å². The van der Waals surface area contributed by atoms with Crippen LogP contribution in [0.5, 0.6) is 0 Å². The maximum Gasteiger partial charge on any atom is 0.191 e. The molecule has 1 aromatic rings. The minimum absolute atomic E-state index is 0.492. The molecule has 0 spiro atoms. The Labute approximate surface area is 109 Å². The summed E-state index contributed by atoms with van der Waals surface area (Å²) in [5.41, 5.74) is 4.73. The number of hydrogen-bond acceptors (Lipinski definition) is 2. The lowest BCUT2D eigenvalue weighted by Gasteiger charge is -2.07. The van der Waals surface area contributed by atoms with Gasteiger partial charge in [-0.1, -0.05) is 28.9 Å². The minimum Gasteiger partial charge on any atom is -0.331 e. The van der Waals surface area contributed by atoms with Crippen molar-refractivity contribution < 1.29 is 0 Å². The average molecular weight is 300 g/mol. The zero-order chi connectivity index (χ0) is 12.0. The predicted molar refractivity (Wildman–Crippen MR) is 76.9 cm³/mol. The lowest BCUT2D eigenvalue weighted by atomic mass is 10.3. The van der Waals surface area contributed by atoms with Crippen LogP contribution in [0.1, 0.15) is 20.3 Å². The topological polar surface area (TPSA) is 36.4 Å². The van der Waals surface area contributed by atoms with E-state index in [9.17, 15) is 0 Å². The molecule has 0 saturated carbocycles. The van der Waals surface area contributed by atoms with E-state index in [1.165, 1.54) is 0 Å². The number of benzene rings is 1. The molecular weight excluding hydrogens is 286 g/mol. The van der Waals surface area contributed by atoms with Gasteiger partial charge in [-0.15, -0.1) is 0 Å². The molecule has 0 heterocycles. The number of thiocarbonyl (C=S) groups is 1. The summed E-state index contributed by atoms with van der Waals surface area (Å²) in [5, 5.41) is 7.65. The molecule has 0 aliphatic carbocycles. The van der Waals surface area contributed by atoms with E-state index in [0.29, 0.717) is 5.11 Å². The van der Waals surface area contributed by atoms with E-state index in [1.807, 2.05) is 38.1 Å². The Balaban J connectivity index is 2.52. The van der Waals surface area contributed by atoms with Gasteiger partial charge in [0, 0.05) is 15.9 Å². The zero-order valence-electron chi connectivity index (χ0n) is 9.25. The lowest BCUT2D eigenvalue weighted by Crippen LogP contribution is -2.24. The Kier molecular flexibility index (Phi) is 5.42. The number of anilines is 1. The number of nitrogens with zero attached hydrogens (tertiary/aromatic N) is 1. The molecule has 0 aliphatic rings. The molecule has 0 atom stereocenters. The van der Waals surface area contributed by atoms with Crippen molar-refractivity contribution in [2.45, 2.75) is 20.3 Å². The smallest absolute Gasteiger partial charge is 0.191 e. The highest BCUT2D eigenvalue weighted by atomic mass is 79.9.